The van der Waals surface area contributed by atoms with E-state index in [4.69, 9.17) is 4.74 Å². The molecule has 0 unspecified atom stereocenters. The van der Waals surface area contributed by atoms with Crippen molar-refractivity contribution in [2.75, 3.05) is 43.3 Å². The molecule has 0 saturated carbocycles. The minimum absolute atomic E-state index is 0.0698. The first kappa shape index (κ1) is 27.0. The molecule has 0 radical (unpaired) electrons. The van der Waals surface area contributed by atoms with Crippen molar-refractivity contribution in [3.8, 4) is 6.07 Å². The van der Waals surface area contributed by atoms with Crippen LogP contribution in [-0.4, -0.2) is 61.2 Å². The minimum Gasteiger partial charge on any atom is -0.373 e. The molecule has 3 heterocycles. The highest BCUT2D eigenvalue weighted by atomic mass is 32.2. The number of nitriles is 1. The number of nitrogens with one attached hydrogen (secondary N) is 3. The Bertz CT molecular complexity index is 1610. The summed E-state index contributed by atoms with van der Waals surface area (Å²) < 4.78 is 51.1. The number of piperidine rings is 1. The molecule has 5 rings (SSSR count). The molecule has 206 valence electrons. The van der Waals surface area contributed by atoms with Crippen molar-refractivity contribution < 1.29 is 17.5 Å². The molecule has 0 aliphatic carbocycles. The molecule has 1 spiro atoms. The van der Waals surface area contributed by atoms with Crippen molar-refractivity contribution >= 4 is 38.2 Å². The van der Waals surface area contributed by atoms with E-state index in [0.29, 0.717) is 23.2 Å². The van der Waals surface area contributed by atoms with Crippen LogP contribution in [0.15, 0.2) is 41.5 Å². The van der Waals surface area contributed by atoms with E-state index < -0.39 is 16.0 Å². The molecule has 2 saturated heterocycles. The van der Waals surface area contributed by atoms with Crippen LogP contribution in [0.2, 0.25) is 0 Å². The summed E-state index contributed by atoms with van der Waals surface area (Å²) in [5.41, 5.74) is -0.148. The van der Waals surface area contributed by atoms with Crippen molar-refractivity contribution in [1.29, 1.82) is 5.26 Å². The van der Waals surface area contributed by atoms with Crippen molar-refractivity contribution in [1.82, 2.24) is 19.2 Å². The van der Waals surface area contributed by atoms with Crippen LogP contribution in [0, 0.1) is 17.1 Å². The fourth-order valence-corrected chi connectivity index (χ4v) is 6.08. The molecule has 0 bridgehead atoms. The Hall–Kier alpha value is -3.57. The molecule has 0 amide bonds. The topological polar surface area (TPSA) is 141 Å². The van der Waals surface area contributed by atoms with Gasteiger partial charge in [0, 0.05) is 19.3 Å². The van der Waals surface area contributed by atoms with Crippen LogP contribution in [0.5, 0.6) is 0 Å². The molecule has 2 aliphatic rings. The quantitative estimate of drug-likeness (QED) is 0.404. The summed E-state index contributed by atoms with van der Waals surface area (Å²) in [6, 6.07) is 8.81. The van der Waals surface area contributed by atoms with Crippen LogP contribution >= 0.6 is 0 Å². The molecule has 2 fully saturated rings. The Balaban J connectivity index is 1.46. The van der Waals surface area contributed by atoms with Crippen LogP contribution in [0.25, 0.3) is 10.9 Å². The maximum atomic E-state index is 14.9. The third-order valence-corrected chi connectivity index (χ3v) is 9.07. The van der Waals surface area contributed by atoms with E-state index in [-0.39, 0.29) is 40.7 Å². The normalized spacial score (nSPS) is 18.9. The zero-order valence-electron chi connectivity index (χ0n) is 21.7. The summed E-state index contributed by atoms with van der Waals surface area (Å²) >= 11 is 0. The van der Waals surface area contributed by atoms with Gasteiger partial charge in [0.05, 0.1) is 46.9 Å². The second-order valence-electron chi connectivity index (χ2n) is 9.89. The van der Waals surface area contributed by atoms with E-state index in [2.05, 4.69) is 20.3 Å². The molecule has 1 atom stereocenters. The average molecular weight is 556 g/mol. The van der Waals surface area contributed by atoms with Crippen LogP contribution in [0.1, 0.15) is 37.8 Å². The number of rotatable bonds is 7. The highest BCUT2D eigenvalue weighted by Gasteiger charge is 2.42. The smallest absolute Gasteiger partial charge is 0.301 e. The lowest BCUT2D eigenvalue weighted by Gasteiger charge is -2.32. The molecule has 3 N–H and O–H groups in total. The highest BCUT2D eigenvalue weighted by Crippen LogP contribution is 2.39. The third kappa shape index (κ3) is 5.20. The number of ether oxygens (including phenoxy) is 1. The monoisotopic (exact) mass is 555 g/mol. The van der Waals surface area contributed by atoms with Gasteiger partial charge in [-0.3, -0.25) is 14.1 Å². The van der Waals surface area contributed by atoms with Gasteiger partial charge < -0.3 is 15.4 Å². The fraction of sp³-hybridized carbons (Fsp3) is 0.423. The number of hydrogen-bond donors (Lipinski definition) is 3. The van der Waals surface area contributed by atoms with E-state index in [9.17, 15) is 22.9 Å². The summed E-state index contributed by atoms with van der Waals surface area (Å²) in [4.78, 5) is 18.0. The van der Waals surface area contributed by atoms with Gasteiger partial charge in [-0.2, -0.15) is 18.0 Å². The second-order valence-corrected chi connectivity index (χ2v) is 11.7. The first-order valence-corrected chi connectivity index (χ1v) is 14.2. The van der Waals surface area contributed by atoms with E-state index in [1.54, 1.807) is 36.0 Å². The molecular weight excluding hydrogens is 525 g/mol. The van der Waals surface area contributed by atoms with Crippen molar-refractivity contribution in [3.05, 3.63) is 58.4 Å². The Morgan fingerprint density at radius 1 is 1.31 bits per heavy atom. The first-order chi connectivity index (χ1) is 18.7. The van der Waals surface area contributed by atoms with Crippen LogP contribution in [0.4, 0.5) is 21.5 Å². The number of fused-ring (bicyclic) bond motifs is 1. The fourth-order valence-electron chi connectivity index (χ4n) is 5.14. The Kier molecular flexibility index (Phi) is 7.30. The standard InChI is InChI=1S/C26H30FN7O4S/c1-3-33(2)39(36,37)32-23-7-5-21(27)24(20(23)14-28)31-17-4-6-22-19(12-17)25(35)34(16-30-22)18-13-26(38-15-18)8-10-29-11-9-26/h4-7,12,16,18,29,31-32H,3,8-11,13,15H2,1-2H3/t18-/m1/s1. The molecule has 13 heteroatoms. The number of anilines is 3. The molecule has 2 aromatic carbocycles. The van der Waals surface area contributed by atoms with E-state index in [0.717, 1.165) is 42.7 Å². The Morgan fingerprint density at radius 3 is 2.79 bits per heavy atom. The second kappa shape index (κ2) is 10.5. The predicted molar refractivity (Wildman–Crippen MR) is 146 cm³/mol. The lowest BCUT2D eigenvalue weighted by molar-refractivity contribution is -0.0196. The first-order valence-electron chi connectivity index (χ1n) is 12.8. The number of benzene rings is 2. The van der Waals surface area contributed by atoms with Gasteiger partial charge in [-0.25, -0.2) is 9.37 Å². The summed E-state index contributed by atoms with van der Waals surface area (Å²) in [6.07, 6.45) is 4.06. The van der Waals surface area contributed by atoms with Gasteiger partial charge in [-0.1, -0.05) is 6.92 Å². The zero-order valence-corrected chi connectivity index (χ0v) is 22.5. The molecule has 11 nitrogen and oxygen atoms in total. The molecule has 3 aromatic rings. The maximum absolute atomic E-state index is 14.9. The summed E-state index contributed by atoms with van der Waals surface area (Å²) in [5.74, 6) is -0.752. The number of aromatic nitrogens is 2. The van der Waals surface area contributed by atoms with Crippen LogP contribution in [0.3, 0.4) is 0 Å². The van der Waals surface area contributed by atoms with Crippen LogP contribution < -0.4 is 20.9 Å². The highest BCUT2D eigenvalue weighted by molar-refractivity contribution is 7.90. The van der Waals surface area contributed by atoms with E-state index >= 15 is 0 Å². The van der Waals surface area contributed by atoms with Crippen molar-refractivity contribution in [2.24, 2.45) is 0 Å². The third-order valence-electron chi connectivity index (χ3n) is 7.51. The van der Waals surface area contributed by atoms with Gasteiger partial charge in [0.1, 0.15) is 17.4 Å². The lowest BCUT2D eigenvalue weighted by Crippen LogP contribution is -2.41. The number of halogens is 1. The molecule has 1 aromatic heterocycles. The van der Waals surface area contributed by atoms with Gasteiger partial charge in [0.15, 0.2) is 0 Å². The molecular formula is C26H30FN7O4S. The number of hydrogen-bond acceptors (Lipinski definition) is 8. The SMILES string of the molecule is CCN(C)S(=O)(=O)Nc1ccc(F)c(Nc2ccc3ncn([C@H]4COC5(CCNCC5)C4)c(=O)c3c2)c1C#N. The maximum Gasteiger partial charge on any atom is 0.301 e. The average Bonchev–Trinajstić information content (AvgIpc) is 3.33. The Morgan fingerprint density at radius 2 is 2.08 bits per heavy atom. The van der Waals surface area contributed by atoms with E-state index in [1.807, 2.05) is 6.07 Å². The van der Waals surface area contributed by atoms with Gasteiger partial charge >= 0.3 is 10.2 Å². The number of nitrogens with zero attached hydrogens (tertiary/aromatic N) is 4. The minimum atomic E-state index is -3.94. The van der Waals surface area contributed by atoms with Gasteiger partial charge in [-0.15, -0.1) is 0 Å². The Labute approximate surface area is 225 Å². The van der Waals surface area contributed by atoms with Crippen molar-refractivity contribution in [3.63, 3.8) is 0 Å². The largest absolute Gasteiger partial charge is 0.373 e. The van der Waals surface area contributed by atoms with Gasteiger partial charge in [-0.05, 0) is 62.7 Å². The van der Waals surface area contributed by atoms with Gasteiger partial charge in [0.25, 0.3) is 5.56 Å². The molecule has 2 aliphatic heterocycles. The zero-order chi connectivity index (χ0) is 27.8. The summed E-state index contributed by atoms with van der Waals surface area (Å²) in [6.45, 7) is 4.06. The molecule has 39 heavy (non-hydrogen) atoms. The van der Waals surface area contributed by atoms with Gasteiger partial charge in [0.2, 0.25) is 0 Å². The summed E-state index contributed by atoms with van der Waals surface area (Å²) in [7, 11) is -2.55. The predicted octanol–water partition coefficient (Wildman–Crippen LogP) is 2.84. The summed E-state index contributed by atoms with van der Waals surface area (Å²) in [5, 5.41) is 16.3. The lowest BCUT2D eigenvalue weighted by atomic mass is 9.88. The van der Waals surface area contributed by atoms with Crippen LogP contribution in [-0.2, 0) is 14.9 Å². The van der Waals surface area contributed by atoms with Crippen molar-refractivity contribution in [2.45, 2.75) is 37.8 Å². The van der Waals surface area contributed by atoms with E-state index in [1.165, 1.54) is 13.1 Å².